The summed E-state index contributed by atoms with van der Waals surface area (Å²) in [5.74, 6) is -4.91. The van der Waals surface area contributed by atoms with E-state index in [1.165, 1.54) is 0 Å². The first-order valence-corrected chi connectivity index (χ1v) is 6.31. The molecule has 0 amide bonds. The normalized spacial score (nSPS) is 12.5. The minimum Gasteiger partial charge on any atom is -0.466 e. The number of hydrogen-bond donors (Lipinski definition) is 0. The molecular weight excluding hydrogens is 271 g/mol. The van der Waals surface area contributed by atoms with Crippen LogP contribution in [0.5, 0.6) is 0 Å². The molecular formula is C12H19F5O2. The molecule has 0 saturated carbocycles. The second-order valence-corrected chi connectivity index (χ2v) is 4.27. The standard InChI is InChI=1S/C12H19F5O2/c1-2-19-10(18)8-6-4-3-5-7-9-11(13,14)12(15,16)17/h2-9H2,1H3. The molecule has 0 rings (SSSR count). The zero-order chi connectivity index (χ0) is 14.9. The maximum atomic E-state index is 12.5. The highest BCUT2D eigenvalue weighted by atomic mass is 19.4. The van der Waals surface area contributed by atoms with Crippen molar-refractivity contribution in [1.29, 1.82) is 0 Å². The predicted octanol–water partition coefficient (Wildman–Crippen LogP) is 4.48. The average Bonchev–Trinajstić information content (AvgIpc) is 2.26. The monoisotopic (exact) mass is 290 g/mol. The van der Waals surface area contributed by atoms with Gasteiger partial charge in [-0.3, -0.25) is 4.79 Å². The van der Waals surface area contributed by atoms with Crippen LogP contribution in [0.25, 0.3) is 0 Å². The molecule has 0 aliphatic rings. The molecule has 0 aromatic carbocycles. The van der Waals surface area contributed by atoms with Crippen LogP contribution in [0.3, 0.4) is 0 Å². The molecule has 0 aliphatic heterocycles. The van der Waals surface area contributed by atoms with E-state index < -0.39 is 18.5 Å². The summed E-state index contributed by atoms with van der Waals surface area (Å²) in [4.78, 5) is 10.9. The molecule has 0 N–H and O–H groups in total. The second kappa shape index (κ2) is 8.32. The number of hydrogen-bond acceptors (Lipinski definition) is 2. The lowest BCUT2D eigenvalue weighted by atomic mass is 10.1. The van der Waals surface area contributed by atoms with Gasteiger partial charge in [0.2, 0.25) is 0 Å². The topological polar surface area (TPSA) is 26.3 Å². The number of alkyl halides is 5. The number of ether oxygens (including phenoxy) is 1. The number of carbonyl (C=O) groups is 1. The van der Waals surface area contributed by atoms with Gasteiger partial charge < -0.3 is 4.74 Å². The molecule has 0 aromatic rings. The number of carbonyl (C=O) groups excluding carboxylic acids is 1. The van der Waals surface area contributed by atoms with Crippen molar-refractivity contribution < 1.29 is 31.5 Å². The minimum atomic E-state index is -5.46. The van der Waals surface area contributed by atoms with E-state index in [4.69, 9.17) is 0 Å². The van der Waals surface area contributed by atoms with Gasteiger partial charge in [0.25, 0.3) is 0 Å². The third kappa shape index (κ3) is 8.00. The van der Waals surface area contributed by atoms with Crippen molar-refractivity contribution in [2.75, 3.05) is 6.61 Å². The molecule has 0 aromatic heterocycles. The van der Waals surface area contributed by atoms with Gasteiger partial charge in [0.1, 0.15) is 0 Å². The van der Waals surface area contributed by atoms with E-state index in [2.05, 4.69) is 4.74 Å². The molecule has 0 atom stereocenters. The Labute approximate surface area is 109 Å². The molecule has 0 spiro atoms. The first-order valence-electron chi connectivity index (χ1n) is 6.31. The van der Waals surface area contributed by atoms with Crippen molar-refractivity contribution in [2.24, 2.45) is 0 Å². The molecule has 0 saturated heterocycles. The van der Waals surface area contributed by atoms with Crippen LogP contribution in [0.1, 0.15) is 51.9 Å². The molecule has 19 heavy (non-hydrogen) atoms. The fourth-order valence-corrected chi connectivity index (χ4v) is 1.52. The van der Waals surface area contributed by atoms with Crippen molar-refractivity contribution >= 4 is 5.97 Å². The number of unbranched alkanes of at least 4 members (excludes halogenated alkanes) is 4. The van der Waals surface area contributed by atoms with Gasteiger partial charge in [0.15, 0.2) is 0 Å². The Balaban J connectivity index is 3.54. The van der Waals surface area contributed by atoms with Crippen LogP contribution in [0, 0.1) is 0 Å². The fourth-order valence-electron chi connectivity index (χ4n) is 1.52. The first-order chi connectivity index (χ1) is 8.70. The number of halogens is 5. The third-order valence-electron chi connectivity index (χ3n) is 2.59. The quantitative estimate of drug-likeness (QED) is 0.355. The van der Waals surface area contributed by atoms with Gasteiger partial charge in [0, 0.05) is 12.8 Å². The van der Waals surface area contributed by atoms with Gasteiger partial charge in [-0.15, -0.1) is 0 Å². The van der Waals surface area contributed by atoms with E-state index in [1.54, 1.807) is 6.92 Å². The molecule has 0 aliphatic carbocycles. The molecule has 7 heteroatoms. The van der Waals surface area contributed by atoms with Crippen LogP contribution < -0.4 is 0 Å². The maximum Gasteiger partial charge on any atom is 0.453 e. The van der Waals surface area contributed by atoms with Gasteiger partial charge >= 0.3 is 18.1 Å². The van der Waals surface area contributed by atoms with Crippen molar-refractivity contribution in [3.8, 4) is 0 Å². The van der Waals surface area contributed by atoms with E-state index in [1.807, 2.05) is 0 Å². The molecule has 0 unspecified atom stereocenters. The summed E-state index contributed by atoms with van der Waals surface area (Å²) in [5.41, 5.74) is 0. The van der Waals surface area contributed by atoms with Gasteiger partial charge in [-0.1, -0.05) is 19.3 Å². The summed E-state index contributed by atoms with van der Waals surface area (Å²) in [7, 11) is 0. The lowest BCUT2D eigenvalue weighted by Crippen LogP contribution is -2.36. The van der Waals surface area contributed by atoms with Crippen molar-refractivity contribution in [1.82, 2.24) is 0 Å². The van der Waals surface area contributed by atoms with E-state index >= 15 is 0 Å². The van der Waals surface area contributed by atoms with Crippen molar-refractivity contribution in [3.05, 3.63) is 0 Å². The summed E-state index contributed by atoms with van der Waals surface area (Å²) in [6, 6.07) is 0. The highest BCUT2D eigenvalue weighted by molar-refractivity contribution is 5.69. The SMILES string of the molecule is CCOC(=O)CCCCCCCC(F)(F)C(F)(F)F. The molecule has 0 bridgehead atoms. The Bertz CT molecular complexity index is 263. The summed E-state index contributed by atoms with van der Waals surface area (Å²) in [6.07, 6.45) is -4.53. The second-order valence-electron chi connectivity index (χ2n) is 4.27. The van der Waals surface area contributed by atoms with Crippen molar-refractivity contribution in [2.45, 2.75) is 64.0 Å². The summed E-state index contributed by atoms with van der Waals surface area (Å²) in [6.45, 7) is 2.00. The summed E-state index contributed by atoms with van der Waals surface area (Å²) < 4.78 is 65.2. The van der Waals surface area contributed by atoms with E-state index in [-0.39, 0.29) is 18.8 Å². The lowest BCUT2D eigenvalue weighted by molar-refractivity contribution is -0.284. The largest absolute Gasteiger partial charge is 0.466 e. The van der Waals surface area contributed by atoms with E-state index in [9.17, 15) is 26.7 Å². The van der Waals surface area contributed by atoms with Crippen LogP contribution in [0.2, 0.25) is 0 Å². The number of esters is 1. The summed E-state index contributed by atoms with van der Waals surface area (Å²) >= 11 is 0. The fraction of sp³-hybridized carbons (Fsp3) is 0.917. The minimum absolute atomic E-state index is 0.175. The van der Waals surface area contributed by atoms with Crippen LogP contribution in [-0.2, 0) is 9.53 Å². The van der Waals surface area contributed by atoms with E-state index in [0.29, 0.717) is 32.3 Å². The smallest absolute Gasteiger partial charge is 0.453 e. The van der Waals surface area contributed by atoms with Crippen LogP contribution in [0.4, 0.5) is 22.0 Å². The zero-order valence-corrected chi connectivity index (χ0v) is 10.9. The highest BCUT2D eigenvalue weighted by Crippen LogP contribution is 2.39. The molecule has 0 fully saturated rings. The van der Waals surface area contributed by atoms with Crippen LogP contribution >= 0.6 is 0 Å². The molecule has 114 valence electrons. The first kappa shape index (κ1) is 18.1. The molecule has 2 nitrogen and oxygen atoms in total. The van der Waals surface area contributed by atoms with Gasteiger partial charge in [-0.05, 0) is 19.8 Å². The Hall–Kier alpha value is -0.880. The Morgan fingerprint density at radius 2 is 1.47 bits per heavy atom. The van der Waals surface area contributed by atoms with Crippen LogP contribution in [0.15, 0.2) is 0 Å². The summed E-state index contributed by atoms with van der Waals surface area (Å²) in [5, 5.41) is 0. The van der Waals surface area contributed by atoms with Crippen molar-refractivity contribution in [3.63, 3.8) is 0 Å². The zero-order valence-electron chi connectivity index (χ0n) is 10.9. The molecule has 0 heterocycles. The lowest BCUT2D eigenvalue weighted by Gasteiger charge is -2.19. The maximum absolute atomic E-state index is 12.5. The van der Waals surface area contributed by atoms with Gasteiger partial charge in [0.05, 0.1) is 6.61 Å². The Morgan fingerprint density at radius 3 is 2.00 bits per heavy atom. The van der Waals surface area contributed by atoms with Gasteiger partial charge in [-0.25, -0.2) is 0 Å². The predicted molar refractivity (Wildman–Crippen MR) is 60.0 cm³/mol. The third-order valence-corrected chi connectivity index (χ3v) is 2.59. The number of rotatable bonds is 9. The van der Waals surface area contributed by atoms with Gasteiger partial charge in [-0.2, -0.15) is 22.0 Å². The van der Waals surface area contributed by atoms with Crippen LogP contribution in [-0.4, -0.2) is 24.7 Å². The molecule has 0 radical (unpaired) electrons. The van der Waals surface area contributed by atoms with E-state index in [0.717, 1.165) is 0 Å². The average molecular weight is 290 g/mol. The Morgan fingerprint density at radius 1 is 0.947 bits per heavy atom. The Kier molecular flexibility index (Phi) is 7.94. The highest BCUT2D eigenvalue weighted by Gasteiger charge is 2.56.